The lowest BCUT2D eigenvalue weighted by Crippen LogP contribution is -1.91. The van der Waals surface area contributed by atoms with E-state index in [-0.39, 0.29) is 5.97 Å². The molecule has 0 fully saturated rings. The van der Waals surface area contributed by atoms with E-state index in [1.165, 1.54) is 20.1 Å². The van der Waals surface area contributed by atoms with E-state index < -0.39 is 5.97 Å². The standard InChI is InChI=1S/C11H9N.2C4H6O2/c12-10-6-2-5-9-11-7-3-1-4-8-11;1-3-4(5)6-2;1-3-6-4(2)5/h1-9H;2*3H,1H2,2H3. The Balaban J connectivity index is 0. The highest BCUT2D eigenvalue weighted by molar-refractivity contribution is 5.80. The van der Waals surface area contributed by atoms with Gasteiger partial charge in [-0.05, 0) is 5.56 Å². The summed E-state index contributed by atoms with van der Waals surface area (Å²) in [6.07, 6.45) is 9.17. The van der Waals surface area contributed by atoms with Gasteiger partial charge in [-0.15, -0.1) is 0 Å². The van der Waals surface area contributed by atoms with Gasteiger partial charge in [0.15, 0.2) is 0 Å². The summed E-state index contributed by atoms with van der Waals surface area (Å²) in [5, 5.41) is 8.19. The Hall–Kier alpha value is -3.39. The van der Waals surface area contributed by atoms with Crippen LogP contribution in [-0.4, -0.2) is 19.0 Å². The molecule has 1 aromatic rings. The third-order valence-electron chi connectivity index (χ3n) is 1.99. The molecule has 0 bridgehead atoms. The summed E-state index contributed by atoms with van der Waals surface area (Å²) in [7, 11) is 1.31. The number of carbonyl (C=O) groups excluding carboxylic acids is 2. The second kappa shape index (κ2) is 17.7. The second-order valence-electron chi connectivity index (χ2n) is 3.76. The number of ether oxygens (including phenoxy) is 2. The lowest BCUT2D eigenvalue weighted by atomic mass is 10.2. The van der Waals surface area contributed by atoms with Crippen LogP contribution in [0.25, 0.3) is 6.08 Å². The van der Waals surface area contributed by atoms with E-state index in [0.717, 1.165) is 17.9 Å². The molecule has 0 saturated carbocycles. The highest BCUT2D eigenvalue weighted by Crippen LogP contribution is 2.00. The van der Waals surface area contributed by atoms with E-state index in [1.807, 2.05) is 48.6 Å². The van der Waals surface area contributed by atoms with Crippen molar-refractivity contribution in [3.05, 3.63) is 79.6 Å². The maximum atomic E-state index is 9.84. The van der Waals surface area contributed by atoms with Crippen LogP contribution in [0.1, 0.15) is 12.5 Å². The summed E-state index contributed by atoms with van der Waals surface area (Å²) < 4.78 is 8.31. The second-order valence-corrected chi connectivity index (χ2v) is 3.76. The van der Waals surface area contributed by atoms with Crippen LogP contribution < -0.4 is 0 Å². The third-order valence-corrected chi connectivity index (χ3v) is 1.99. The van der Waals surface area contributed by atoms with Crippen LogP contribution in [0, 0.1) is 11.3 Å². The Morgan fingerprint density at radius 3 is 2.12 bits per heavy atom. The molecule has 5 nitrogen and oxygen atoms in total. The molecule has 1 rings (SSSR count). The highest BCUT2D eigenvalue weighted by atomic mass is 16.5. The van der Waals surface area contributed by atoms with Gasteiger partial charge in [0, 0.05) is 19.1 Å². The Bertz CT molecular complexity index is 596. The van der Waals surface area contributed by atoms with Crippen molar-refractivity contribution < 1.29 is 19.1 Å². The van der Waals surface area contributed by atoms with E-state index in [2.05, 4.69) is 22.6 Å². The average molecular weight is 327 g/mol. The maximum absolute atomic E-state index is 9.84. The number of hydrogen-bond donors (Lipinski definition) is 0. The lowest BCUT2D eigenvalue weighted by Gasteiger charge is -1.87. The molecule has 0 aliphatic carbocycles. The molecule has 0 radical (unpaired) electrons. The summed E-state index contributed by atoms with van der Waals surface area (Å²) in [4.78, 5) is 19.6. The van der Waals surface area contributed by atoms with Crippen molar-refractivity contribution >= 4 is 18.0 Å². The zero-order valence-electron chi connectivity index (χ0n) is 13.8. The first-order chi connectivity index (χ1) is 11.5. The van der Waals surface area contributed by atoms with Gasteiger partial charge in [0.2, 0.25) is 0 Å². The normalized spacial score (nSPS) is 8.71. The summed E-state index contributed by atoms with van der Waals surface area (Å²) in [5.74, 6) is -0.722. The number of nitrogens with zero attached hydrogens (tertiary/aromatic N) is 1. The van der Waals surface area contributed by atoms with Crippen molar-refractivity contribution in [3.63, 3.8) is 0 Å². The predicted molar refractivity (Wildman–Crippen MR) is 94.4 cm³/mol. The van der Waals surface area contributed by atoms with Crippen LogP contribution in [-0.2, 0) is 19.1 Å². The molecule has 126 valence electrons. The maximum Gasteiger partial charge on any atom is 0.329 e. The third kappa shape index (κ3) is 18.6. The molecule has 0 unspecified atom stereocenters. The van der Waals surface area contributed by atoms with Crippen molar-refractivity contribution in [3.8, 4) is 6.07 Å². The molecule has 1 aromatic carbocycles. The van der Waals surface area contributed by atoms with Crippen molar-refractivity contribution in [2.24, 2.45) is 0 Å². The number of methoxy groups -OCH3 is 1. The van der Waals surface area contributed by atoms with E-state index in [1.54, 1.807) is 6.08 Å². The minimum absolute atomic E-state index is 0.329. The molecule has 24 heavy (non-hydrogen) atoms. The minimum Gasteiger partial charge on any atom is -0.466 e. The Labute approximate surface area is 142 Å². The van der Waals surface area contributed by atoms with Crippen molar-refractivity contribution in [1.82, 2.24) is 0 Å². The number of hydrogen-bond acceptors (Lipinski definition) is 5. The van der Waals surface area contributed by atoms with Gasteiger partial charge in [0.05, 0.1) is 19.4 Å². The Morgan fingerprint density at radius 2 is 1.79 bits per heavy atom. The Kier molecular flexibility index (Phi) is 16.8. The fourth-order valence-corrected chi connectivity index (χ4v) is 1.03. The van der Waals surface area contributed by atoms with Crippen LogP contribution in [0.15, 0.2) is 74.1 Å². The highest BCUT2D eigenvalue weighted by Gasteiger charge is 1.82. The molecule has 0 spiro atoms. The average Bonchev–Trinajstić information content (AvgIpc) is 2.60. The monoisotopic (exact) mass is 327 g/mol. The van der Waals surface area contributed by atoms with Crippen LogP contribution in [0.3, 0.4) is 0 Å². The van der Waals surface area contributed by atoms with Gasteiger partial charge in [-0.2, -0.15) is 5.26 Å². The lowest BCUT2D eigenvalue weighted by molar-refractivity contribution is -0.136. The molecule has 5 heteroatoms. The number of carbonyl (C=O) groups is 2. The van der Waals surface area contributed by atoms with Crippen LogP contribution in [0.4, 0.5) is 0 Å². The molecular weight excluding hydrogens is 306 g/mol. The van der Waals surface area contributed by atoms with Gasteiger partial charge in [-0.25, -0.2) is 4.79 Å². The van der Waals surface area contributed by atoms with E-state index in [9.17, 15) is 9.59 Å². The molecule has 0 N–H and O–H groups in total. The predicted octanol–water partition coefficient (Wildman–Crippen LogP) is 3.82. The summed E-state index contributed by atoms with van der Waals surface area (Å²) in [6, 6.07) is 11.9. The largest absolute Gasteiger partial charge is 0.466 e. The van der Waals surface area contributed by atoms with Gasteiger partial charge in [-0.3, -0.25) is 4.79 Å². The van der Waals surface area contributed by atoms with Crippen LogP contribution >= 0.6 is 0 Å². The smallest absolute Gasteiger partial charge is 0.329 e. The molecule has 0 aliphatic rings. The van der Waals surface area contributed by atoms with Crippen molar-refractivity contribution in [1.29, 1.82) is 5.26 Å². The molecule has 0 saturated heterocycles. The number of allylic oxidation sites excluding steroid dienone is 3. The van der Waals surface area contributed by atoms with Gasteiger partial charge in [0.25, 0.3) is 0 Å². The van der Waals surface area contributed by atoms with Crippen molar-refractivity contribution in [2.45, 2.75) is 6.92 Å². The molecule has 0 amide bonds. The summed E-state index contributed by atoms with van der Waals surface area (Å²) in [6.45, 7) is 7.64. The van der Waals surface area contributed by atoms with E-state index >= 15 is 0 Å². The molecule has 0 aromatic heterocycles. The van der Waals surface area contributed by atoms with Gasteiger partial charge in [0.1, 0.15) is 0 Å². The molecular formula is C19H21NO4. The number of nitriles is 1. The number of benzene rings is 1. The first kappa shape index (κ1) is 22.9. The van der Waals surface area contributed by atoms with Gasteiger partial charge >= 0.3 is 11.9 Å². The fourth-order valence-electron chi connectivity index (χ4n) is 1.03. The first-order valence-corrected chi connectivity index (χ1v) is 6.78. The van der Waals surface area contributed by atoms with E-state index in [4.69, 9.17) is 5.26 Å². The molecule has 0 heterocycles. The fraction of sp³-hybridized carbons (Fsp3) is 0.105. The zero-order valence-corrected chi connectivity index (χ0v) is 13.8. The summed E-state index contributed by atoms with van der Waals surface area (Å²) in [5.41, 5.74) is 1.14. The quantitative estimate of drug-likeness (QED) is 0.276. The summed E-state index contributed by atoms with van der Waals surface area (Å²) >= 11 is 0. The number of rotatable bonds is 4. The topological polar surface area (TPSA) is 76.4 Å². The van der Waals surface area contributed by atoms with Crippen LogP contribution in [0.2, 0.25) is 0 Å². The molecule has 0 atom stereocenters. The van der Waals surface area contributed by atoms with Gasteiger partial charge in [-0.1, -0.05) is 61.7 Å². The zero-order chi connectivity index (χ0) is 18.6. The Morgan fingerprint density at radius 1 is 1.17 bits per heavy atom. The SMILES string of the molecule is C=CC(=O)OC.C=COC(C)=O.N#CC=CC=Cc1ccccc1. The molecule has 0 aliphatic heterocycles. The van der Waals surface area contributed by atoms with Crippen LogP contribution in [0.5, 0.6) is 0 Å². The number of esters is 2. The van der Waals surface area contributed by atoms with Gasteiger partial charge < -0.3 is 9.47 Å². The first-order valence-electron chi connectivity index (χ1n) is 6.78. The minimum atomic E-state index is -0.394. The van der Waals surface area contributed by atoms with E-state index in [0.29, 0.717) is 0 Å². The van der Waals surface area contributed by atoms with Crippen molar-refractivity contribution in [2.75, 3.05) is 7.11 Å².